The molecule has 0 bridgehead atoms. The third kappa shape index (κ3) is 2.81. The molecule has 0 aromatic carbocycles. The Balaban J connectivity index is 1.46. The van der Waals surface area contributed by atoms with E-state index in [0.29, 0.717) is 31.8 Å². The molecular formula is C14H17N3O5. The Kier molecular flexibility index (Phi) is 3.82. The summed E-state index contributed by atoms with van der Waals surface area (Å²) in [5, 5.41) is 12.7. The second-order valence-electron chi connectivity index (χ2n) is 5.52. The van der Waals surface area contributed by atoms with E-state index in [1.807, 2.05) is 6.92 Å². The van der Waals surface area contributed by atoms with E-state index in [1.165, 1.54) is 0 Å². The Labute approximate surface area is 126 Å². The van der Waals surface area contributed by atoms with E-state index in [-0.39, 0.29) is 23.6 Å². The summed E-state index contributed by atoms with van der Waals surface area (Å²) in [6, 6.07) is 0. The number of carboxylic acids is 1. The zero-order valence-electron chi connectivity index (χ0n) is 12.2. The molecule has 8 nitrogen and oxygen atoms in total. The van der Waals surface area contributed by atoms with E-state index in [9.17, 15) is 9.59 Å². The van der Waals surface area contributed by atoms with Gasteiger partial charge in [-0.3, -0.25) is 4.79 Å². The molecule has 3 rings (SSSR count). The first-order chi connectivity index (χ1) is 10.6. The monoisotopic (exact) mass is 307 g/mol. The normalized spacial score (nSPS) is 21.2. The lowest BCUT2D eigenvalue weighted by atomic mass is 9.98. The number of carbonyl (C=O) groups excluding carboxylic acids is 1. The number of hydrogen-bond acceptors (Lipinski definition) is 6. The predicted octanol–water partition coefficient (Wildman–Crippen LogP) is 1.24. The minimum Gasteiger partial charge on any atom is -0.476 e. The van der Waals surface area contributed by atoms with Crippen LogP contribution in [0.1, 0.15) is 48.5 Å². The number of likely N-dealkylation sites (tertiary alicyclic amines) is 1. The van der Waals surface area contributed by atoms with Gasteiger partial charge < -0.3 is 19.3 Å². The molecule has 1 aromatic heterocycles. The maximum Gasteiger partial charge on any atom is 0.357 e. The lowest BCUT2D eigenvalue weighted by molar-refractivity contribution is -0.138. The van der Waals surface area contributed by atoms with Crippen molar-refractivity contribution in [1.82, 2.24) is 9.88 Å². The average molecular weight is 307 g/mol. The summed E-state index contributed by atoms with van der Waals surface area (Å²) in [5.74, 6) is -0.773. The lowest BCUT2D eigenvalue weighted by Gasteiger charge is -2.37. The van der Waals surface area contributed by atoms with Gasteiger partial charge in [-0.1, -0.05) is 12.1 Å². The Morgan fingerprint density at radius 3 is 2.82 bits per heavy atom. The highest BCUT2D eigenvalue weighted by atomic mass is 16.6. The SMILES string of the molecule is CCC1=NOC(CC(=O)N2CC(c3nc(C(=O)O)co3)C2)C1. The minimum absolute atomic E-state index is 0.0128. The van der Waals surface area contributed by atoms with E-state index in [4.69, 9.17) is 14.4 Å². The average Bonchev–Trinajstić information content (AvgIpc) is 3.06. The molecule has 0 aliphatic carbocycles. The predicted molar refractivity (Wildman–Crippen MR) is 74.6 cm³/mol. The molecule has 118 valence electrons. The first-order valence-electron chi connectivity index (χ1n) is 7.24. The van der Waals surface area contributed by atoms with Crippen LogP contribution in [-0.2, 0) is 9.63 Å². The fourth-order valence-corrected chi connectivity index (χ4v) is 2.54. The van der Waals surface area contributed by atoms with Crippen molar-refractivity contribution in [2.75, 3.05) is 13.1 Å². The smallest absolute Gasteiger partial charge is 0.357 e. The Morgan fingerprint density at radius 1 is 1.45 bits per heavy atom. The molecule has 1 fully saturated rings. The van der Waals surface area contributed by atoms with Crippen LogP contribution in [0.25, 0.3) is 0 Å². The van der Waals surface area contributed by atoms with Crippen LogP contribution in [0, 0.1) is 0 Å². The van der Waals surface area contributed by atoms with Gasteiger partial charge >= 0.3 is 5.97 Å². The van der Waals surface area contributed by atoms with Gasteiger partial charge in [0.2, 0.25) is 11.8 Å². The van der Waals surface area contributed by atoms with Gasteiger partial charge in [0.1, 0.15) is 12.4 Å². The van der Waals surface area contributed by atoms with E-state index in [2.05, 4.69) is 10.1 Å². The molecule has 3 heterocycles. The molecule has 2 aliphatic rings. The second kappa shape index (κ2) is 5.78. The van der Waals surface area contributed by atoms with Crippen LogP contribution < -0.4 is 0 Å². The highest BCUT2D eigenvalue weighted by Crippen LogP contribution is 2.28. The van der Waals surface area contributed by atoms with Gasteiger partial charge in [-0.25, -0.2) is 9.78 Å². The first kappa shape index (κ1) is 14.6. The van der Waals surface area contributed by atoms with Gasteiger partial charge in [0.05, 0.1) is 18.1 Å². The largest absolute Gasteiger partial charge is 0.476 e. The number of rotatable bonds is 5. The van der Waals surface area contributed by atoms with Gasteiger partial charge in [-0.05, 0) is 6.42 Å². The zero-order valence-corrected chi connectivity index (χ0v) is 12.2. The van der Waals surface area contributed by atoms with E-state index in [0.717, 1.165) is 18.4 Å². The summed E-state index contributed by atoms with van der Waals surface area (Å²) in [6.07, 6.45) is 2.82. The van der Waals surface area contributed by atoms with Crippen LogP contribution in [0.5, 0.6) is 0 Å². The quantitative estimate of drug-likeness (QED) is 0.877. The Bertz CT molecular complexity index is 618. The van der Waals surface area contributed by atoms with Crippen LogP contribution >= 0.6 is 0 Å². The number of oxazole rings is 1. The maximum atomic E-state index is 12.1. The van der Waals surface area contributed by atoms with Gasteiger partial charge in [0, 0.05) is 19.5 Å². The third-order valence-electron chi connectivity index (χ3n) is 3.93. The Hall–Kier alpha value is -2.38. The van der Waals surface area contributed by atoms with Crippen LogP contribution in [0.2, 0.25) is 0 Å². The van der Waals surface area contributed by atoms with Gasteiger partial charge in [-0.2, -0.15) is 0 Å². The molecule has 2 aliphatic heterocycles. The van der Waals surface area contributed by atoms with E-state index >= 15 is 0 Å². The molecule has 0 radical (unpaired) electrons. The summed E-state index contributed by atoms with van der Waals surface area (Å²) in [7, 11) is 0. The number of aromatic carboxylic acids is 1. The van der Waals surface area contributed by atoms with Crippen LogP contribution in [0.15, 0.2) is 15.8 Å². The van der Waals surface area contributed by atoms with E-state index in [1.54, 1.807) is 4.90 Å². The van der Waals surface area contributed by atoms with Crippen LogP contribution in [0.3, 0.4) is 0 Å². The molecule has 1 amide bonds. The van der Waals surface area contributed by atoms with Crippen LogP contribution in [-0.4, -0.2) is 51.8 Å². The highest BCUT2D eigenvalue weighted by Gasteiger charge is 2.36. The summed E-state index contributed by atoms with van der Waals surface area (Å²) >= 11 is 0. The first-order valence-corrected chi connectivity index (χ1v) is 7.24. The van der Waals surface area contributed by atoms with Crippen molar-refractivity contribution < 1.29 is 24.0 Å². The highest BCUT2D eigenvalue weighted by molar-refractivity contribution is 5.86. The standard InChI is InChI=1S/C14H17N3O5/c1-2-9-3-10(22-16-9)4-12(18)17-5-8(6-17)13-15-11(7-21-13)14(19)20/h7-8,10H,2-6H2,1H3,(H,19,20). The van der Waals surface area contributed by atoms with Crippen molar-refractivity contribution in [2.45, 2.75) is 38.2 Å². The Morgan fingerprint density at radius 2 is 2.23 bits per heavy atom. The topological polar surface area (TPSA) is 105 Å². The molecule has 22 heavy (non-hydrogen) atoms. The number of oxime groups is 1. The van der Waals surface area contributed by atoms with Gasteiger partial charge in [0.25, 0.3) is 0 Å². The van der Waals surface area contributed by atoms with Crippen molar-refractivity contribution >= 4 is 17.6 Å². The molecule has 1 saturated heterocycles. The molecule has 0 saturated carbocycles. The third-order valence-corrected chi connectivity index (χ3v) is 3.93. The van der Waals surface area contributed by atoms with Crippen molar-refractivity contribution in [1.29, 1.82) is 0 Å². The number of carbonyl (C=O) groups is 2. The lowest BCUT2D eigenvalue weighted by Crippen LogP contribution is -2.49. The molecular weight excluding hydrogens is 290 g/mol. The van der Waals surface area contributed by atoms with Gasteiger partial charge in [-0.15, -0.1) is 0 Å². The summed E-state index contributed by atoms with van der Waals surface area (Å²) in [5.41, 5.74) is 0.878. The van der Waals surface area contributed by atoms with Crippen molar-refractivity contribution in [3.05, 3.63) is 17.8 Å². The minimum atomic E-state index is -1.12. The van der Waals surface area contributed by atoms with Crippen LogP contribution in [0.4, 0.5) is 0 Å². The number of amides is 1. The second-order valence-corrected chi connectivity index (χ2v) is 5.52. The van der Waals surface area contributed by atoms with Gasteiger partial charge in [0.15, 0.2) is 5.69 Å². The molecule has 1 unspecified atom stereocenters. The number of aromatic nitrogens is 1. The fraction of sp³-hybridized carbons (Fsp3) is 0.571. The van der Waals surface area contributed by atoms with Crippen molar-refractivity contribution in [3.8, 4) is 0 Å². The molecule has 1 atom stereocenters. The molecule has 1 N–H and O–H groups in total. The summed E-state index contributed by atoms with van der Waals surface area (Å²) in [6.45, 7) is 2.99. The maximum absolute atomic E-state index is 12.1. The number of carboxylic acid groups (broad SMARTS) is 1. The summed E-state index contributed by atoms with van der Waals surface area (Å²) in [4.78, 5) is 33.7. The van der Waals surface area contributed by atoms with Crippen molar-refractivity contribution in [2.24, 2.45) is 5.16 Å². The fourth-order valence-electron chi connectivity index (χ4n) is 2.54. The van der Waals surface area contributed by atoms with E-state index < -0.39 is 5.97 Å². The molecule has 8 heteroatoms. The number of nitrogens with zero attached hydrogens (tertiary/aromatic N) is 3. The molecule has 0 spiro atoms. The molecule has 1 aromatic rings. The summed E-state index contributed by atoms with van der Waals surface area (Å²) < 4.78 is 5.15. The zero-order chi connectivity index (χ0) is 15.7. The van der Waals surface area contributed by atoms with Crippen molar-refractivity contribution in [3.63, 3.8) is 0 Å². The number of hydrogen-bond donors (Lipinski definition) is 1.